The monoisotopic (exact) mass is 407 g/mol. The third-order valence-electron chi connectivity index (χ3n) is 4.67. The Labute approximate surface area is 173 Å². The van der Waals surface area contributed by atoms with Crippen molar-refractivity contribution in [2.75, 3.05) is 7.11 Å². The molecule has 2 aromatic carbocycles. The quantitative estimate of drug-likeness (QED) is 0.307. The Bertz CT molecular complexity index is 1170. The highest BCUT2D eigenvalue weighted by atomic mass is 35.5. The molecular weight excluding hydrogens is 390 g/mol. The van der Waals surface area contributed by atoms with Gasteiger partial charge in [-0.05, 0) is 43.7 Å². The van der Waals surface area contributed by atoms with Crippen LogP contribution in [0, 0.1) is 35.3 Å². The minimum Gasteiger partial charge on any atom is -0.494 e. The smallest absolute Gasteiger partial charge is 0.273 e. The molecule has 0 aliphatic heterocycles. The van der Waals surface area contributed by atoms with Crippen molar-refractivity contribution in [1.82, 2.24) is 4.57 Å². The maximum atomic E-state index is 11.1. The van der Waals surface area contributed by atoms with E-state index in [2.05, 4.69) is 6.07 Å². The molecule has 0 fully saturated rings. The van der Waals surface area contributed by atoms with Crippen molar-refractivity contribution in [2.45, 2.75) is 13.8 Å². The summed E-state index contributed by atoms with van der Waals surface area (Å²) in [5.74, 6) is 0.392. The Hall–Kier alpha value is -3.56. The Morgan fingerprint density at radius 1 is 1.24 bits per heavy atom. The number of nitrogens with zero attached hydrogens (tertiary/aromatic N) is 3. The van der Waals surface area contributed by atoms with Crippen LogP contribution in [-0.4, -0.2) is 16.6 Å². The molecule has 1 heterocycles. The number of benzene rings is 2. The van der Waals surface area contributed by atoms with E-state index in [1.165, 1.54) is 19.2 Å². The third-order valence-corrected chi connectivity index (χ3v) is 5.00. The standard InChI is InChI=1S/C22H18ClN3O3/c1-14-10-16(11-17(13-24)19-6-4-5-7-20(19)23)15(2)25(14)21-9-8-18(26(27)28)12-22(21)29-3/h4-12H,1-3H3. The molecular formula is C22H18ClN3O3. The predicted octanol–water partition coefficient (Wildman–Crippen LogP) is 5.73. The highest BCUT2D eigenvalue weighted by Gasteiger charge is 2.17. The van der Waals surface area contributed by atoms with Gasteiger partial charge in [-0.2, -0.15) is 5.26 Å². The molecule has 0 bridgehead atoms. The Balaban J connectivity index is 2.14. The third kappa shape index (κ3) is 3.86. The van der Waals surface area contributed by atoms with E-state index in [-0.39, 0.29) is 5.69 Å². The van der Waals surface area contributed by atoms with Crippen LogP contribution < -0.4 is 4.74 Å². The molecule has 0 radical (unpaired) electrons. The van der Waals surface area contributed by atoms with E-state index in [1.54, 1.807) is 24.3 Å². The molecule has 0 aliphatic rings. The number of nitro groups is 1. The molecule has 6 nitrogen and oxygen atoms in total. The Morgan fingerprint density at radius 2 is 1.97 bits per heavy atom. The molecule has 3 aromatic rings. The minimum atomic E-state index is -0.460. The lowest BCUT2D eigenvalue weighted by Gasteiger charge is -2.14. The normalized spacial score (nSPS) is 11.2. The van der Waals surface area contributed by atoms with Gasteiger partial charge in [0, 0.05) is 28.0 Å². The molecule has 0 saturated carbocycles. The number of nitro benzene ring substituents is 1. The molecule has 0 N–H and O–H groups in total. The van der Waals surface area contributed by atoms with Gasteiger partial charge in [-0.25, -0.2) is 0 Å². The SMILES string of the molecule is COc1cc([N+](=O)[O-])ccc1-n1c(C)cc(C=C(C#N)c2ccccc2Cl)c1C. The minimum absolute atomic E-state index is 0.0429. The number of hydrogen-bond acceptors (Lipinski definition) is 4. The molecule has 0 aliphatic carbocycles. The fourth-order valence-electron chi connectivity index (χ4n) is 3.27. The zero-order chi connectivity index (χ0) is 21.1. The van der Waals surface area contributed by atoms with E-state index in [0.29, 0.717) is 27.6 Å². The van der Waals surface area contributed by atoms with Gasteiger partial charge < -0.3 is 9.30 Å². The summed E-state index contributed by atoms with van der Waals surface area (Å²) in [4.78, 5) is 10.6. The fraction of sp³-hybridized carbons (Fsp3) is 0.136. The van der Waals surface area contributed by atoms with Crippen LogP contribution in [-0.2, 0) is 0 Å². The molecule has 0 saturated heterocycles. The van der Waals surface area contributed by atoms with Crippen LogP contribution in [0.5, 0.6) is 5.75 Å². The summed E-state index contributed by atoms with van der Waals surface area (Å²) >= 11 is 6.25. The van der Waals surface area contributed by atoms with Gasteiger partial charge in [0.15, 0.2) is 0 Å². The average Bonchev–Trinajstić information content (AvgIpc) is 2.99. The van der Waals surface area contributed by atoms with Crippen LogP contribution in [0.1, 0.15) is 22.5 Å². The van der Waals surface area contributed by atoms with E-state index in [0.717, 1.165) is 17.0 Å². The largest absolute Gasteiger partial charge is 0.494 e. The number of nitriles is 1. The summed E-state index contributed by atoms with van der Waals surface area (Å²) in [7, 11) is 1.47. The van der Waals surface area contributed by atoms with Crippen LogP contribution in [0.15, 0.2) is 48.5 Å². The number of hydrogen-bond donors (Lipinski definition) is 0. The number of allylic oxidation sites excluding steroid dienone is 1. The van der Waals surface area contributed by atoms with Crippen molar-refractivity contribution in [1.29, 1.82) is 5.26 Å². The van der Waals surface area contributed by atoms with Gasteiger partial charge in [0.25, 0.3) is 5.69 Å². The molecule has 0 atom stereocenters. The highest BCUT2D eigenvalue weighted by molar-refractivity contribution is 6.32. The lowest BCUT2D eigenvalue weighted by atomic mass is 10.0. The van der Waals surface area contributed by atoms with Crippen molar-refractivity contribution >= 4 is 28.9 Å². The molecule has 0 unspecified atom stereocenters. The van der Waals surface area contributed by atoms with Crippen molar-refractivity contribution in [3.8, 4) is 17.5 Å². The van der Waals surface area contributed by atoms with Gasteiger partial charge in [0.1, 0.15) is 5.75 Å². The second-order valence-corrected chi connectivity index (χ2v) is 6.83. The highest BCUT2D eigenvalue weighted by Crippen LogP contribution is 2.33. The lowest BCUT2D eigenvalue weighted by molar-refractivity contribution is -0.384. The Kier molecular flexibility index (Phi) is 5.71. The van der Waals surface area contributed by atoms with Gasteiger partial charge >= 0.3 is 0 Å². The second-order valence-electron chi connectivity index (χ2n) is 6.42. The van der Waals surface area contributed by atoms with E-state index in [9.17, 15) is 15.4 Å². The first-order chi connectivity index (χ1) is 13.9. The number of aromatic nitrogens is 1. The van der Waals surface area contributed by atoms with Gasteiger partial charge in [-0.1, -0.05) is 29.8 Å². The zero-order valence-corrected chi connectivity index (χ0v) is 16.9. The van der Waals surface area contributed by atoms with Crippen LogP contribution in [0.25, 0.3) is 17.3 Å². The fourth-order valence-corrected chi connectivity index (χ4v) is 3.51. The summed E-state index contributed by atoms with van der Waals surface area (Å²) in [5.41, 5.74) is 4.37. The van der Waals surface area contributed by atoms with Crippen molar-refractivity contribution in [3.05, 3.63) is 86.2 Å². The van der Waals surface area contributed by atoms with Gasteiger partial charge in [0.2, 0.25) is 0 Å². The van der Waals surface area contributed by atoms with Crippen LogP contribution in [0.4, 0.5) is 5.69 Å². The predicted molar refractivity (Wildman–Crippen MR) is 113 cm³/mol. The van der Waals surface area contributed by atoms with Crippen LogP contribution >= 0.6 is 11.6 Å². The number of methoxy groups -OCH3 is 1. The number of halogens is 1. The van der Waals surface area contributed by atoms with Crippen molar-refractivity contribution in [3.63, 3.8) is 0 Å². The zero-order valence-electron chi connectivity index (χ0n) is 16.1. The van der Waals surface area contributed by atoms with Gasteiger partial charge in [-0.3, -0.25) is 10.1 Å². The maximum Gasteiger partial charge on any atom is 0.273 e. The lowest BCUT2D eigenvalue weighted by Crippen LogP contribution is -2.03. The van der Waals surface area contributed by atoms with E-state index in [4.69, 9.17) is 16.3 Å². The van der Waals surface area contributed by atoms with Gasteiger partial charge in [-0.15, -0.1) is 0 Å². The van der Waals surface area contributed by atoms with Crippen LogP contribution in [0.3, 0.4) is 0 Å². The molecule has 146 valence electrons. The summed E-state index contributed by atoms with van der Waals surface area (Å²) in [6.45, 7) is 3.84. The number of non-ortho nitro benzene ring substituents is 1. The molecule has 0 amide bonds. The first-order valence-electron chi connectivity index (χ1n) is 8.75. The van der Waals surface area contributed by atoms with E-state index < -0.39 is 4.92 Å². The average molecular weight is 408 g/mol. The van der Waals surface area contributed by atoms with Crippen molar-refractivity contribution in [2.24, 2.45) is 0 Å². The summed E-state index contributed by atoms with van der Waals surface area (Å²) < 4.78 is 7.33. The molecule has 29 heavy (non-hydrogen) atoms. The van der Waals surface area contributed by atoms with E-state index in [1.807, 2.05) is 36.6 Å². The van der Waals surface area contributed by atoms with Crippen molar-refractivity contribution < 1.29 is 9.66 Å². The summed E-state index contributed by atoms with van der Waals surface area (Å²) in [6.07, 6.45) is 1.79. The number of aryl methyl sites for hydroxylation is 1. The molecule has 3 rings (SSSR count). The first-order valence-corrected chi connectivity index (χ1v) is 9.13. The molecule has 7 heteroatoms. The van der Waals surface area contributed by atoms with Gasteiger partial charge in [0.05, 0.1) is 35.4 Å². The summed E-state index contributed by atoms with van der Waals surface area (Å²) in [5, 5.41) is 21.2. The molecule has 0 spiro atoms. The molecule has 1 aromatic heterocycles. The number of ether oxygens (including phenoxy) is 1. The second kappa shape index (κ2) is 8.21. The Morgan fingerprint density at radius 3 is 2.59 bits per heavy atom. The number of rotatable bonds is 5. The first kappa shape index (κ1) is 20.2. The maximum absolute atomic E-state index is 11.1. The summed E-state index contributed by atoms with van der Waals surface area (Å²) in [6, 6.07) is 15.8. The van der Waals surface area contributed by atoms with E-state index >= 15 is 0 Å². The van der Waals surface area contributed by atoms with Crippen LogP contribution in [0.2, 0.25) is 5.02 Å². The topological polar surface area (TPSA) is 81.1 Å².